The second-order valence-corrected chi connectivity index (χ2v) is 1.47. The van der Waals surface area contributed by atoms with Crippen LogP contribution in [0.15, 0.2) is 0 Å². The van der Waals surface area contributed by atoms with Crippen molar-refractivity contribution in [3.8, 4) is 0 Å². The molecule has 0 unspecified atom stereocenters. The lowest BCUT2D eigenvalue weighted by atomic mass is 10.7. The van der Waals surface area contributed by atoms with Gasteiger partial charge in [-0.25, -0.2) is 4.98 Å². The van der Waals surface area contributed by atoms with Crippen LogP contribution in [0.2, 0.25) is 0 Å². The van der Waals surface area contributed by atoms with Crippen LogP contribution in [0.3, 0.4) is 0 Å². The molecular formula is C5H11N3. The minimum atomic E-state index is 0. The van der Waals surface area contributed by atoms with Crippen molar-refractivity contribution in [3.63, 3.8) is 0 Å². The van der Waals surface area contributed by atoms with E-state index in [0.717, 1.165) is 11.6 Å². The molecule has 3 nitrogen and oxygen atoms in total. The van der Waals surface area contributed by atoms with Crippen LogP contribution in [0.4, 0.5) is 0 Å². The quantitative estimate of drug-likeness (QED) is 0.546. The molecule has 0 amide bonds. The fourth-order valence-corrected chi connectivity index (χ4v) is 0.455. The fraction of sp³-hybridized carbons (Fsp3) is 0.600. The van der Waals surface area contributed by atoms with E-state index < -0.39 is 0 Å². The maximum Gasteiger partial charge on any atom is 0.147 e. The molecule has 0 radical (unpaired) electrons. The summed E-state index contributed by atoms with van der Waals surface area (Å²) in [6, 6.07) is 0. The number of aryl methyl sites for hydroxylation is 2. The fourth-order valence-electron chi connectivity index (χ4n) is 0.455. The Balaban J connectivity index is 0.000000490. The van der Waals surface area contributed by atoms with Gasteiger partial charge in [0.25, 0.3) is 0 Å². The van der Waals surface area contributed by atoms with Gasteiger partial charge in [-0.15, -0.1) is 0 Å². The van der Waals surface area contributed by atoms with Crippen molar-refractivity contribution in [3.05, 3.63) is 11.6 Å². The number of aromatic nitrogens is 3. The van der Waals surface area contributed by atoms with Gasteiger partial charge in [0, 0.05) is 0 Å². The van der Waals surface area contributed by atoms with Gasteiger partial charge in [-0.05, 0) is 13.8 Å². The Labute approximate surface area is 49.1 Å². The molecule has 0 saturated carbocycles. The largest absolute Gasteiger partial charge is 0.263 e. The molecule has 0 fully saturated rings. The van der Waals surface area contributed by atoms with Gasteiger partial charge < -0.3 is 0 Å². The predicted molar refractivity (Wildman–Crippen MR) is 32.6 cm³/mol. The van der Waals surface area contributed by atoms with Crippen LogP contribution in [-0.2, 0) is 0 Å². The smallest absolute Gasteiger partial charge is 0.147 e. The lowest BCUT2D eigenvalue weighted by Crippen LogP contribution is -1.70. The van der Waals surface area contributed by atoms with Crippen molar-refractivity contribution in [2.24, 2.45) is 0 Å². The van der Waals surface area contributed by atoms with Crippen LogP contribution in [-0.4, -0.2) is 15.2 Å². The minimum absolute atomic E-state index is 0. The summed E-state index contributed by atoms with van der Waals surface area (Å²) in [6.07, 6.45) is 0. The van der Waals surface area contributed by atoms with E-state index in [-0.39, 0.29) is 7.43 Å². The number of H-pyrrole nitrogens is 1. The van der Waals surface area contributed by atoms with E-state index in [9.17, 15) is 0 Å². The second-order valence-electron chi connectivity index (χ2n) is 1.47. The standard InChI is InChI=1S/C4H7N3.CH4/c1-3-5-4(2)7-6-3;/h1-2H3,(H,5,6,7);1H4. The average Bonchev–Trinajstić information content (AvgIpc) is 1.87. The molecule has 46 valence electrons. The summed E-state index contributed by atoms with van der Waals surface area (Å²) in [5.74, 6) is 1.68. The third-order valence-corrected chi connectivity index (χ3v) is 0.709. The molecule has 1 heterocycles. The van der Waals surface area contributed by atoms with Crippen LogP contribution in [0.5, 0.6) is 0 Å². The van der Waals surface area contributed by atoms with Crippen molar-refractivity contribution < 1.29 is 0 Å². The Morgan fingerprint density at radius 2 is 2.00 bits per heavy atom. The van der Waals surface area contributed by atoms with Crippen molar-refractivity contribution in [2.45, 2.75) is 21.3 Å². The van der Waals surface area contributed by atoms with Crippen molar-refractivity contribution in [2.75, 3.05) is 0 Å². The monoisotopic (exact) mass is 113 g/mol. The number of nitrogens with zero attached hydrogens (tertiary/aromatic N) is 2. The average molecular weight is 113 g/mol. The zero-order valence-corrected chi connectivity index (χ0v) is 4.39. The molecule has 3 heteroatoms. The Hall–Kier alpha value is -0.860. The molecule has 0 atom stereocenters. The van der Waals surface area contributed by atoms with E-state index in [1.165, 1.54) is 0 Å². The third kappa shape index (κ3) is 1.33. The molecule has 1 rings (SSSR count). The first kappa shape index (κ1) is 7.14. The maximum atomic E-state index is 3.94. The number of aromatic amines is 1. The van der Waals surface area contributed by atoms with Crippen LogP contribution in [0.1, 0.15) is 19.1 Å². The lowest BCUT2D eigenvalue weighted by Gasteiger charge is -1.68. The third-order valence-electron chi connectivity index (χ3n) is 0.709. The summed E-state index contributed by atoms with van der Waals surface area (Å²) in [4.78, 5) is 3.94. The Bertz CT molecular complexity index is 140. The molecule has 0 aliphatic rings. The van der Waals surface area contributed by atoms with E-state index in [0.29, 0.717) is 0 Å². The molecule has 0 bridgehead atoms. The summed E-state index contributed by atoms with van der Waals surface area (Å²) < 4.78 is 0. The van der Waals surface area contributed by atoms with Crippen LogP contribution in [0.25, 0.3) is 0 Å². The molecule has 1 aromatic heterocycles. The van der Waals surface area contributed by atoms with Gasteiger partial charge in [-0.3, -0.25) is 5.10 Å². The molecule has 8 heavy (non-hydrogen) atoms. The summed E-state index contributed by atoms with van der Waals surface area (Å²) in [6.45, 7) is 3.73. The van der Waals surface area contributed by atoms with E-state index in [4.69, 9.17) is 0 Å². The summed E-state index contributed by atoms with van der Waals surface area (Å²) in [5, 5.41) is 6.49. The molecule has 1 N–H and O–H groups in total. The zero-order chi connectivity index (χ0) is 5.28. The lowest BCUT2D eigenvalue weighted by molar-refractivity contribution is 1.02. The molecule has 0 aromatic carbocycles. The number of hydrogen-bond acceptors (Lipinski definition) is 2. The Morgan fingerprint density at radius 1 is 1.38 bits per heavy atom. The van der Waals surface area contributed by atoms with E-state index in [2.05, 4.69) is 15.2 Å². The maximum absolute atomic E-state index is 3.94. The minimum Gasteiger partial charge on any atom is -0.263 e. The first-order chi connectivity index (χ1) is 3.29. The predicted octanol–water partition coefficient (Wildman–Crippen LogP) is 1.06. The highest BCUT2D eigenvalue weighted by Crippen LogP contribution is 1.83. The molecule has 0 aliphatic carbocycles. The Morgan fingerprint density at radius 3 is 2.12 bits per heavy atom. The van der Waals surface area contributed by atoms with Crippen LogP contribution >= 0.6 is 0 Å². The van der Waals surface area contributed by atoms with Gasteiger partial charge in [0.2, 0.25) is 0 Å². The van der Waals surface area contributed by atoms with Gasteiger partial charge in [0.05, 0.1) is 0 Å². The first-order valence-electron chi connectivity index (χ1n) is 2.14. The van der Waals surface area contributed by atoms with Crippen LogP contribution < -0.4 is 0 Å². The van der Waals surface area contributed by atoms with Crippen molar-refractivity contribution >= 4 is 0 Å². The molecule has 1 aromatic rings. The van der Waals surface area contributed by atoms with Crippen molar-refractivity contribution in [1.82, 2.24) is 15.2 Å². The summed E-state index contributed by atoms with van der Waals surface area (Å²) in [7, 11) is 0. The topological polar surface area (TPSA) is 41.6 Å². The van der Waals surface area contributed by atoms with Crippen LogP contribution in [0, 0.1) is 13.8 Å². The van der Waals surface area contributed by atoms with Gasteiger partial charge in [-0.2, -0.15) is 5.10 Å². The SMILES string of the molecule is C.Cc1n[nH]c(C)n1. The zero-order valence-electron chi connectivity index (χ0n) is 4.39. The summed E-state index contributed by atoms with van der Waals surface area (Å²) >= 11 is 0. The van der Waals surface area contributed by atoms with Crippen molar-refractivity contribution in [1.29, 1.82) is 0 Å². The van der Waals surface area contributed by atoms with Gasteiger partial charge >= 0.3 is 0 Å². The first-order valence-corrected chi connectivity index (χ1v) is 2.14. The van der Waals surface area contributed by atoms with E-state index >= 15 is 0 Å². The Kier molecular flexibility index (Phi) is 2.19. The van der Waals surface area contributed by atoms with E-state index in [1.54, 1.807) is 0 Å². The number of rotatable bonds is 0. The van der Waals surface area contributed by atoms with Gasteiger partial charge in [0.1, 0.15) is 11.6 Å². The van der Waals surface area contributed by atoms with Gasteiger partial charge in [0.15, 0.2) is 0 Å². The highest BCUT2D eigenvalue weighted by atomic mass is 15.2. The number of nitrogens with one attached hydrogen (secondary N) is 1. The second kappa shape index (κ2) is 2.45. The molecule has 0 aliphatic heterocycles. The highest BCUT2D eigenvalue weighted by Gasteiger charge is 1.86. The molecular weight excluding hydrogens is 102 g/mol. The normalized spacial score (nSPS) is 8.25. The molecule has 0 saturated heterocycles. The van der Waals surface area contributed by atoms with E-state index in [1.807, 2.05) is 13.8 Å². The molecule has 0 spiro atoms. The van der Waals surface area contributed by atoms with Gasteiger partial charge in [-0.1, -0.05) is 7.43 Å². The highest BCUT2D eigenvalue weighted by molar-refractivity contribution is 4.82. The summed E-state index contributed by atoms with van der Waals surface area (Å²) in [5.41, 5.74) is 0. The number of hydrogen-bond donors (Lipinski definition) is 1.